The van der Waals surface area contributed by atoms with Gasteiger partial charge in [0, 0.05) is 13.1 Å². The number of thiophene rings is 1. The molecular weight excluding hydrogens is 468 g/mol. The Morgan fingerprint density at radius 1 is 1.23 bits per heavy atom. The van der Waals surface area contributed by atoms with Crippen LogP contribution in [0.15, 0.2) is 44.8 Å². The Hall–Kier alpha value is -1.90. The Morgan fingerprint density at radius 3 is 2.73 bits per heavy atom. The van der Waals surface area contributed by atoms with Gasteiger partial charge in [-0.2, -0.15) is 4.31 Å². The van der Waals surface area contributed by atoms with Crippen LogP contribution in [0, 0.1) is 5.92 Å². The van der Waals surface area contributed by atoms with Crippen molar-refractivity contribution in [3.05, 3.63) is 35.7 Å². The fourth-order valence-electron chi connectivity index (χ4n) is 3.26. The highest BCUT2D eigenvalue weighted by atomic mass is 32.2. The van der Waals surface area contributed by atoms with E-state index in [0.717, 1.165) is 22.7 Å². The number of rotatable bonds is 5. The van der Waals surface area contributed by atoms with Crippen molar-refractivity contribution in [2.75, 3.05) is 18.4 Å². The van der Waals surface area contributed by atoms with Crippen molar-refractivity contribution in [3.63, 3.8) is 0 Å². The molecule has 3 N–H and O–H groups in total. The van der Waals surface area contributed by atoms with Crippen LogP contribution < -0.4 is 10.5 Å². The van der Waals surface area contributed by atoms with Gasteiger partial charge in [0.2, 0.25) is 15.9 Å². The smallest absolute Gasteiger partial charge is 0.252 e. The fourth-order valence-corrected chi connectivity index (χ4v) is 7.45. The molecule has 1 aliphatic heterocycles. The van der Waals surface area contributed by atoms with Crippen molar-refractivity contribution in [1.29, 1.82) is 0 Å². The van der Waals surface area contributed by atoms with Gasteiger partial charge in [-0.3, -0.25) is 4.79 Å². The zero-order valence-electron chi connectivity index (χ0n) is 15.5. The number of nitrogens with zero attached hydrogens (tertiary/aromatic N) is 2. The molecule has 1 fully saturated rings. The Bertz CT molecular complexity index is 1300. The van der Waals surface area contributed by atoms with Gasteiger partial charge < -0.3 is 5.32 Å². The molecule has 3 aromatic rings. The standard InChI is InChI=1S/C17H18N4O5S4/c18-29(23,24)12-5-6-13-14(9-12)28-17(19-13)20-16(22)11-3-1-7-21(10-11)30(25,26)15-4-2-8-27-15/h2,4-6,8-9,11H,1,3,7,10H2,(H2,18,23,24)(H,19,20,22). The number of piperidine rings is 1. The average molecular weight is 487 g/mol. The molecule has 30 heavy (non-hydrogen) atoms. The summed E-state index contributed by atoms with van der Waals surface area (Å²) in [5, 5.41) is 9.91. The molecule has 0 aliphatic carbocycles. The van der Waals surface area contributed by atoms with Crippen molar-refractivity contribution in [3.8, 4) is 0 Å². The van der Waals surface area contributed by atoms with E-state index in [1.165, 1.54) is 22.5 Å². The van der Waals surface area contributed by atoms with E-state index < -0.39 is 26.0 Å². The highest BCUT2D eigenvalue weighted by Gasteiger charge is 2.34. The number of carbonyl (C=O) groups excluding carboxylic acids is 1. The van der Waals surface area contributed by atoms with Crippen molar-refractivity contribution >= 4 is 64.0 Å². The van der Waals surface area contributed by atoms with Gasteiger partial charge in [0.25, 0.3) is 10.0 Å². The Balaban J connectivity index is 1.49. The quantitative estimate of drug-likeness (QED) is 0.566. The molecule has 1 unspecified atom stereocenters. The van der Waals surface area contributed by atoms with E-state index in [0.29, 0.717) is 34.7 Å². The minimum Gasteiger partial charge on any atom is -0.302 e. The molecular formula is C17H18N4O5S4. The molecule has 2 aromatic heterocycles. The first-order valence-corrected chi connectivity index (χ1v) is 13.6. The molecule has 0 saturated carbocycles. The van der Waals surface area contributed by atoms with Crippen LogP contribution in [0.1, 0.15) is 12.8 Å². The van der Waals surface area contributed by atoms with Gasteiger partial charge in [-0.15, -0.1) is 11.3 Å². The lowest BCUT2D eigenvalue weighted by Gasteiger charge is -2.30. The van der Waals surface area contributed by atoms with E-state index in [2.05, 4.69) is 10.3 Å². The number of nitrogens with two attached hydrogens (primary N) is 1. The third-order valence-electron chi connectivity index (χ3n) is 4.76. The summed E-state index contributed by atoms with van der Waals surface area (Å²) in [5.41, 5.74) is 0.535. The lowest BCUT2D eigenvalue weighted by atomic mass is 9.99. The van der Waals surface area contributed by atoms with Gasteiger partial charge in [-0.1, -0.05) is 17.4 Å². The first kappa shape index (κ1) is 21.3. The minimum atomic E-state index is -3.83. The van der Waals surface area contributed by atoms with Crippen molar-refractivity contribution in [2.24, 2.45) is 11.1 Å². The number of amides is 1. The summed E-state index contributed by atoms with van der Waals surface area (Å²) in [5.74, 6) is -0.813. The summed E-state index contributed by atoms with van der Waals surface area (Å²) in [6, 6.07) is 7.53. The first-order valence-electron chi connectivity index (χ1n) is 8.92. The Morgan fingerprint density at radius 2 is 2.03 bits per heavy atom. The van der Waals surface area contributed by atoms with Crippen LogP contribution in [-0.4, -0.2) is 45.1 Å². The number of carbonyl (C=O) groups is 1. The molecule has 0 radical (unpaired) electrons. The molecule has 1 aromatic carbocycles. The second kappa shape index (κ2) is 7.98. The second-order valence-corrected chi connectivity index (χ2v) is 12.5. The maximum atomic E-state index is 12.8. The number of primary sulfonamides is 1. The van der Waals surface area contributed by atoms with Crippen LogP contribution in [0.25, 0.3) is 10.2 Å². The summed E-state index contributed by atoms with van der Waals surface area (Å²) in [7, 11) is -7.44. The Kier molecular flexibility index (Phi) is 5.67. The lowest BCUT2D eigenvalue weighted by Crippen LogP contribution is -2.43. The second-order valence-electron chi connectivity index (χ2n) is 6.82. The van der Waals surface area contributed by atoms with Crippen LogP contribution in [0.4, 0.5) is 5.13 Å². The topological polar surface area (TPSA) is 140 Å². The SMILES string of the molecule is NS(=O)(=O)c1ccc2nc(NC(=O)C3CCCN(S(=O)(=O)c4cccs4)C3)sc2c1. The number of anilines is 1. The molecule has 1 amide bonds. The van der Waals surface area contributed by atoms with Crippen LogP contribution in [0.5, 0.6) is 0 Å². The minimum absolute atomic E-state index is 0.0294. The van der Waals surface area contributed by atoms with Gasteiger partial charge in [0.05, 0.1) is 21.0 Å². The third kappa shape index (κ3) is 4.26. The number of nitrogens with one attached hydrogen (secondary N) is 1. The average Bonchev–Trinajstić information content (AvgIpc) is 3.36. The third-order valence-corrected chi connectivity index (χ3v) is 9.85. The summed E-state index contributed by atoms with van der Waals surface area (Å²) < 4.78 is 50.7. The molecule has 0 bridgehead atoms. The zero-order valence-corrected chi connectivity index (χ0v) is 18.8. The van der Waals surface area contributed by atoms with Crippen molar-refractivity contribution in [2.45, 2.75) is 21.9 Å². The van der Waals surface area contributed by atoms with E-state index in [-0.39, 0.29) is 21.6 Å². The van der Waals surface area contributed by atoms with Crippen LogP contribution >= 0.6 is 22.7 Å². The van der Waals surface area contributed by atoms with Gasteiger partial charge in [0.15, 0.2) is 5.13 Å². The maximum absolute atomic E-state index is 12.8. The van der Waals surface area contributed by atoms with E-state index in [1.807, 2.05) is 0 Å². The molecule has 1 saturated heterocycles. The van der Waals surface area contributed by atoms with Gasteiger partial charge >= 0.3 is 0 Å². The van der Waals surface area contributed by atoms with Crippen LogP contribution in [0.3, 0.4) is 0 Å². The number of fused-ring (bicyclic) bond motifs is 1. The molecule has 0 spiro atoms. The van der Waals surface area contributed by atoms with Gasteiger partial charge in [-0.05, 0) is 42.5 Å². The summed E-state index contributed by atoms with van der Waals surface area (Å²) in [6.45, 7) is 0.480. The molecule has 160 valence electrons. The highest BCUT2D eigenvalue weighted by molar-refractivity contribution is 7.91. The fraction of sp³-hybridized carbons (Fsp3) is 0.294. The number of aromatic nitrogens is 1. The highest BCUT2D eigenvalue weighted by Crippen LogP contribution is 2.30. The van der Waals surface area contributed by atoms with Crippen LogP contribution in [0.2, 0.25) is 0 Å². The predicted octanol–water partition coefficient (Wildman–Crippen LogP) is 2.04. The van der Waals surface area contributed by atoms with E-state index in [9.17, 15) is 21.6 Å². The van der Waals surface area contributed by atoms with E-state index in [4.69, 9.17) is 5.14 Å². The number of benzene rings is 1. The molecule has 1 aliphatic rings. The number of hydrogen-bond donors (Lipinski definition) is 2. The number of thiazole rings is 1. The van der Waals surface area contributed by atoms with Crippen molar-refractivity contribution < 1.29 is 21.6 Å². The van der Waals surface area contributed by atoms with E-state index >= 15 is 0 Å². The zero-order chi connectivity index (χ0) is 21.5. The normalized spacial score (nSPS) is 18.5. The van der Waals surface area contributed by atoms with E-state index in [1.54, 1.807) is 17.5 Å². The molecule has 9 nitrogen and oxygen atoms in total. The summed E-state index contributed by atoms with van der Waals surface area (Å²) >= 11 is 2.28. The molecule has 4 rings (SSSR count). The summed E-state index contributed by atoms with van der Waals surface area (Å²) in [6.07, 6.45) is 1.16. The predicted molar refractivity (Wildman–Crippen MR) is 115 cm³/mol. The maximum Gasteiger partial charge on any atom is 0.252 e. The number of hydrogen-bond acceptors (Lipinski definition) is 8. The first-order chi connectivity index (χ1) is 14.1. The monoisotopic (exact) mass is 486 g/mol. The Labute approximate surface area is 181 Å². The largest absolute Gasteiger partial charge is 0.302 e. The molecule has 1 atom stereocenters. The van der Waals surface area contributed by atoms with Crippen LogP contribution in [-0.2, 0) is 24.8 Å². The van der Waals surface area contributed by atoms with Gasteiger partial charge in [0.1, 0.15) is 4.21 Å². The number of sulfonamides is 2. The molecule has 13 heteroatoms. The van der Waals surface area contributed by atoms with Gasteiger partial charge in [-0.25, -0.2) is 27.0 Å². The lowest BCUT2D eigenvalue weighted by molar-refractivity contribution is -0.120. The summed E-state index contributed by atoms with van der Waals surface area (Å²) in [4.78, 5) is 17.0. The van der Waals surface area contributed by atoms with Crippen molar-refractivity contribution in [1.82, 2.24) is 9.29 Å². The molecule has 3 heterocycles.